The smallest absolute Gasteiger partial charge is 0.361 e. The van der Waals surface area contributed by atoms with Gasteiger partial charge in [-0.3, -0.25) is 9.59 Å². The molecule has 0 aromatic rings. The fourth-order valence-corrected chi connectivity index (χ4v) is 9.16. The number of carbonyl (C=O) groups excluding carboxylic acids is 2. The van der Waals surface area contributed by atoms with Crippen LogP contribution in [0.5, 0.6) is 0 Å². The van der Waals surface area contributed by atoms with Crippen LogP contribution in [0.4, 0.5) is 0 Å². The first-order valence-electron chi connectivity index (χ1n) is 34.3. The molecule has 0 aliphatic heterocycles. The Bertz CT molecular complexity index is 1860. The van der Waals surface area contributed by atoms with Gasteiger partial charge in [0.05, 0.1) is 34.4 Å². The average molecular weight is 1180 g/mol. The van der Waals surface area contributed by atoms with Crippen LogP contribution in [0.3, 0.4) is 0 Å². The summed E-state index contributed by atoms with van der Waals surface area (Å²) >= 11 is 0. The van der Waals surface area contributed by atoms with Crippen molar-refractivity contribution in [2.24, 2.45) is 0 Å². The van der Waals surface area contributed by atoms with Gasteiger partial charge in [-0.1, -0.05) is 282 Å². The van der Waals surface area contributed by atoms with Gasteiger partial charge in [0, 0.05) is 12.8 Å². The molecule has 0 saturated heterocycles. The largest absolute Gasteiger partial charge is 0.477 e. The highest BCUT2D eigenvalue weighted by Crippen LogP contribution is 2.16. The zero-order valence-corrected chi connectivity index (χ0v) is 55.2. The van der Waals surface area contributed by atoms with Gasteiger partial charge in [-0.2, -0.15) is 0 Å². The number of aliphatic carboxylic acids is 1. The topological polar surface area (TPSA) is 108 Å². The Balaban J connectivity index is 4.24. The van der Waals surface area contributed by atoms with Crippen molar-refractivity contribution in [3.8, 4) is 0 Å². The number of rotatable bonds is 62. The lowest BCUT2D eigenvalue weighted by Gasteiger charge is -2.25. The molecule has 0 amide bonds. The lowest BCUT2D eigenvalue weighted by Crippen LogP contribution is -2.40. The van der Waals surface area contributed by atoms with Crippen LogP contribution in [0.25, 0.3) is 0 Å². The molecule has 0 aromatic carbocycles. The van der Waals surface area contributed by atoms with E-state index in [2.05, 4.69) is 148 Å². The van der Waals surface area contributed by atoms with Gasteiger partial charge >= 0.3 is 17.9 Å². The molecule has 0 heterocycles. The second-order valence-electron chi connectivity index (χ2n) is 23.7. The number of carboxylic acid groups (broad SMARTS) is 1. The Morgan fingerprint density at radius 1 is 0.365 bits per heavy atom. The first kappa shape index (κ1) is 80.4. The molecule has 0 bridgehead atoms. The third-order valence-corrected chi connectivity index (χ3v) is 14.4. The van der Waals surface area contributed by atoms with Gasteiger partial charge in [0.25, 0.3) is 6.29 Å². The van der Waals surface area contributed by atoms with Crippen LogP contribution in [-0.4, -0.2) is 87.4 Å². The van der Waals surface area contributed by atoms with Gasteiger partial charge in [0.1, 0.15) is 13.2 Å². The predicted octanol–water partition coefficient (Wildman–Crippen LogP) is 21.4. The van der Waals surface area contributed by atoms with Crippen molar-refractivity contribution in [1.29, 1.82) is 0 Å². The van der Waals surface area contributed by atoms with Gasteiger partial charge in [-0.25, -0.2) is 4.79 Å². The maximum absolute atomic E-state index is 12.9. The third-order valence-electron chi connectivity index (χ3n) is 14.4. The van der Waals surface area contributed by atoms with E-state index in [0.717, 1.165) is 83.5 Å². The summed E-state index contributed by atoms with van der Waals surface area (Å²) in [6.45, 7) is 4.69. The molecule has 85 heavy (non-hydrogen) atoms. The lowest BCUT2D eigenvalue weighted by atomic mass is 10.0. The molecule has 1 N–H and O–H groups in total. The molecule has 484 valence electrons. The zero-order valence-electron chi connectivity index (χ0n) is 55.2. The van der Waals surface area contributed by atoms with Crippen LogP contribution in [-0.2, 0) is 33.3 Å². The van der Waals surface area contributed by atoms with E-state index in [4.69, 9.17) is 18.9 Å². The summed E-state index contributed by atoms with van der Waals surface area (Å²) in [5.41, 5.74) is 0. The summed E-state index contributed by atoms with van der Waals surface area (Å²) in [4.78, 5) is 37.6. The first-order valence-corrected chi connectivity index (χ1v) is 34.3. The number of hydrogen-bond donors (Lipinski definition) is 1. The summed E-state index contributed by atoms with van der Waals surface area (Å²) in [5.74, 6) is -2.09. The third kappa shape index (κ3) is 66.8. The van der Waals surface area contributed by atoms with Crippen LogP contribution in [0.1, 0.15) is 271 Å². The van der Waals surface area contributed by atoms with Gasteiger partial charge in [0.2, 0.25) is 0 Å². The summed E-state index contributed by atoms with van der Waals surface area (Å²) in [7, 11) is 5.95. The highest BCUT2D eigenvalue weighted by atomic mass is 16.7. The van der Waals surface area contributed by atoms with E-state index >= 15 is 0 Å². The Morgan fingerprint density at radius 3 is 1.04 bits per heavy atom. The SMILES string of the molecule is CC/C=C\C/C=C\C/C=C\C/C=C\C/C=C\C/C=C\C/C=C\C/C=C\C/C=C\CCCC(=O)OC(COC(=O)CCCCCCCCCCCCCCCCCCCCC/C=C\C/C=C\CCCCCCC)COC(OCC[N+](C)(C)C)C(=O)O. The van der Waals surface area contributed by atoms with Crippen molar-refractivity contribution >= 4 is 17.9 Å². The highest BCUT2D eigenvalue weighted by Gasteiger charge is 2.25. The highest BCUT2D eigenvalue weighted by molar-refractivity contribution is 5.71. The van der Waals surface area contributed by atoms with Gasteiger partial charge in [-0.05, 0) is 109 Å². The van der Waals surface area contributed by atoms with Crippen LogP contribution >= 0.6 is 0 Å². The Morgan fingerprint density at radius 2 is 0.682 bits per heavy atom. The van der Waals surface area contributed by atoms with Crippen molar-refractivity contribution in [2.45, 2.75) is 283 Å². The van der Waals surface area contributed by atoms with Crippen LogP contribution in [0, 0.1) is 0 Å². The van der Waals surface area contributed by atoms with Gasteiger partial charge in [0.15, 0.2) is 6.10 Å². The van der Waals surface area contributed by atoms with E-state index in [1.165, 1.54) is 148 Å². The maximum atomic E-state index is 12.9. The standard InChI is InChI=1S/C76H127NO8/c1-6-8-10-12-14-16-18-20-22-24-26-28-30-32-34-36-37-39-40-42-44-46-48-50-52-54-56-58-60-62-64-66-73(78)83-70-72(71-84-76(75(80)81)82-69-68-77(3,4)5)85-74(79)67-65-63-61-59-57-55-53-51-49-47-45-43-41-38-35-33-31-29-27-25-23-21-19-17-15-13-11-9-7-2/h9,11,15,17-18,20-21,23-24,26-27,29,33,35,41,43,47,49,53,55,59,61,72,76H,6-8,10,12-14,16,19,22,25,28,30-32,34,36-40,42,44-46,48,50-52,54,56-58,60,62-71H2,1-5H3/p+1/b11-9-,17-15-,20-18-,23-21-,26-24-,29-27-,35-33-,43-41-,49-47-,55-53-,61-59-. The predicted molar refractivity (Wildman–Crippen MR) is 364 cm³/mol. The molecule has 0 aliphatic rings. The summed E-state index contributed by atoms with van der Waals surface area (Å²) in [5, 5.41) is 9.74. The monoisotopic (exact) mass is 1180 g/mol. The van der Waals surface area contributed by atoms with Crippen LogP contribution in [0.2, 0.25) is 0 Å². The van der Waals surface area contributed by atoms with E-state index in [1.54, 1.807) is 0 Å². The van der Waals surface area contributed by atoms with Gasteiger partial charge < -0.3 is 28.5 Å². The lowest BCUT2D eigenvalue weighted by molar-refractivity contribution is -0.870. The summed E-state index contributed by atoms with van der Waals surface area (Å²) in [6.07, 6.45) is 91.4. The van der Waals surface area contributed by atoms with Crippen molar-refractivity contribution in [1.82, 2.24) is 0 Å². The number of allylic oxidation sites excluding steroid dienone is 22. The number of ether oxygens (including phenoxy) is 4. The van der Waals surface area contributed by atoms with E-state index in [9.17, 15) is 19.5 Å². The fourth-order valence-electron chi connectivity index (χ4n) is 9.16. The van der Waals surface area contributed by atoms with E-state index in [-0.39, 0.29) is 38.6 Å². The second kappa shape index (κ2) is 65.4. The molecule has 2 unspecified atom stereocenters. The Hall–Kier alpha value is -4.57. The normalized spacial score (nSPS) is 13.6. The Labute approximate surface area is 522 Å². The first-order chi connectivity index (χ1) is 41.6. The number of carboxylic acids is 1. The molecular weight excluding hydrogens is 1050 g/mol. The fraction of sp³-hybridized carbons (Fsp3) is 0.671. The van der Waals surface area contributed by atoms with Crippen molar-refractivity contribution in [3.63, 3.8) is 0 Å². The molecule has 0 saturated carbocycles. The maximum Gasteiger partial charge on any atom is 0.361 e. The second-order valence-corrected chi connectivity index (χ2v) is 23.7. The molecule has 0 radical (unpaired) electrons. The number of likely N-dealkylation sites (N-methyl/N-ethyl adjacent to an activating group) is 1. The quantitative estimate of drug-likeness (QED) is 0.0211. The number of carbonyl (C=O) groups is 3. The summed E-state index contributed by atoms with van der Waals surface area (Å²) < 4.78 is 22.9. The molecule has 0 fully saturated rings. The summed E-state index contributed by atoms with van der Waals surface area (Å²) in [6, 6.07) is 0. The van der Waals surface area contributed by atoms with Crippen molar-refractivity contribution in [2.75, 3.05) is 47.5 Å². The van der Waals surface area contributed by atoms with Crippen molar-refractivity contribution in [3.05, 3.63) is 134 Å². The molecule has 2 atom stereocenters. The zero-order chi connectivity index (χ0) is 61.9. The number of unbranched alkanes of at least 4 members (excludes halogenated alkanes) is 25. The van der Waals surface area contributed by atoms with Crippen LogP contribution in [0.15, 0.2) is 134 Å². The minimum Gasteiger partial charge on any atom is -0.477 e. The molecule has 9 heteroatoms. The molecule has 0 rings (SSSR count). The molecule has 0 aliphatic carbocycles. The number of hydrogen-bond acceptors (Lipinski definition) is 7. The van der Waals surface area contributed by atoms with Crippen molar-refractivity contribution < 1.29 is 42.9 Å². The molecule has 0 aromatic heterocycles. The van der Waals surface area contributed by atoms with E-state index in [1.807, 2.05) is 21.1 Å². The average Bonchev–Trinajstić information content (AvgIpc) is 3.48. The molecule has 0 spiro atoms. The minimum absolute atomic E-state index is 0.170. The molecular formula is C76H128NO8+. The van der Waals surface area contributed by atoms with E-state index in [0.29, 0.717) is 23.9 Å². The number of esters is 2. The minimum atomic E-state index is -1.53. The Kier molecular flexibility index (Phi) is 61.9. The number of quaternary nitrogens is 1. The van der Waals surface area contributed by atoms with E-state index < -0.39 is 24.3 Å². The van der Waals surface area contributed by atoms with Gasteiger partial charge in [-0.15, -0.1) is 0 Å². The molecule has 9 nitrogen and oxygen atoms in total. The number of nitrogens with zero attached hydrogens (tertiary/aromatic N) is 1. The van der Waals surface area contributed by atoms with Crippen LogP contribution < -0.4 is 0 Å².